The molecule has 3 aromatic rings. The number of benzene rings is 2. The zero-order valence-electron chi connectivity index (χ0n) is 15.3. The molecule has 2 aromatic carbocycles. The maximum atomic E-state index is 12.5. The van der Waals surface area contributed by atoms with Crippen LogP contribution in [0, 0.1) is 0 Å². The highest BCUT2D eigenvalue weighted by Gasteiger charge is 2.21. The number of carbonyl (C=O) groups excluding carboxylic acids is 1. The number of hydrogen-bond acceptors (Lipinski definition) is 4. The van der Waals surface area contributed by atoms with Gasteiger partial charge in [-0.1, -0.05) is 26.0 Å². The number of fused-ring (bicyclic) bond motifs is 1. The maximum absolute atomic E-state index is 12.5. The summed E-state index contributed by atoms with van der Waals surface area (Å²) in [6, 6.07) is 13.8. The van der Waals surface area contributed by atoms with Gasteiger partial charge in [-0.2, -0.15) is 4.31 Å². The Morgan fingerprint density at radius 1 is 1.07 bits per heavy atom. The number of sulfonamides is 1. The lowest BCUT2D eigenvalue weighted by Crippen LogP contribution is -2.30. The minimum atomic E-state index is -3.50. The first kappa shape index (κ1) is 19.1. The molecule has 27 heavy (non-hydrogen) atoms. The number of carbonyl (C=O) groups is 1. The van der Waals surface area contributed by atoms with Crippen molar-refractivity contribution in [2.45, 2.75) is 25.3 Å². The van der Waals surface area contributed by atoms with Gasteiger partial charge in [0, 0.05) is 18.8 Å². The smallest absolute Gasteiger partial charge is 0.244 e. The number of nitrogens with one attached hydrogen (secondary N) is 1. The summed E-state index contributed by atoms with van der Waals surface area (Å²) < 4.78 is 28.1. The van der Waals surface area contributed by atoms with Gasteiger partial charge in [0.05, 0.1) is 22.3 Å². The first-order chi connectivity index (χ1) is 13.0. The molecule has 0 saturated heterocycles. The Morgan fingerprint density at radius 3 is 2.41 bits per heavy atom. The van der Waals surface area contributed by atoms with Crippen LogP contribution in [0.2, 0.25) is 0 Å². The quantitative estimate of drug-likeness (QED) is 0.677. The largest absolute Gasteiger partial charge is 0.325 e. The molecular formula is C19H22N4O3S. The minimum Gasteiger partial charge on any atom is -0.325 e. The summed E-state index contributed by atoms with van der Waals surface area (Å²) >= 11 is 0. The fourth-order valence-electron chi connectivity index (χ4n) is 2.91. The Morgan fingerprint density at radius 2 is 1.74 bits per heavy atom. The van der Waals surface area contributed by atoms with Gasteiger partial charge in [0.1, 0.15) is 6.54 Å². The topological polar surface area (TPSA) is 84.3 Å². The van der Waals surface area contributed by atoms with Crippen molar-refractivity contribution in [1.29, 1.82) is 0 Å². The van der Waals surface area contributed by atoms with Crippen LogP contribution < -0.4 is 5.32 Å². The summed E-state index contributed by atoms with van der Waals surface area (Å²) in [5, 5.41) is 2.78. The standard InChI is InChI=1S/C19H22N4O3S/c1-3-23(4-2)27(25,26)16-11-9-15(10-12-16)21-19(24)13-22-14-20-17-7-5-6-8-18(17)22/h5-12,14H,3-4,13H2,1-2H3,(H,21,24). The maximum Gasteiger partial charge on any atom is 0.244 e. The van der Waals surface area contributed by atoms with E-state index in [1.54, 1.807) is 36.9 Å². The zero-order valence-corrected chi connectivity index (χ0v) is 16.1. The number of anilines is 1. The van der Waals surface area contributed by atoms with Gasteiger partial charge in [0.15, 0.2) is 0 Å². The van der Waals surface area contributed by atoms with E-state index in [9.17, 15) is 13.2 Å². The SMILES string of the molecule is CCN(CC)S(=O)(=O)c1ccc(NC(=O)Cn2cnc3ccccc32)cc1. The molecule has 0 fully saturated rings. The first-order valence-corrected chi connectivity index (χ1v) is 10.2. The third kappa shape index (κ3) is 4.01. The van der Waals surface area contributed by atoms with Crippen LogP contribution in [0.3, 0.4) is 0 Å². The van der Waals surface area contributed by atoms with Crippen LogP contribution in [0.5, 0.6) is 0 Å². The number of para-hydroxylation sites is 2. The van der Waals surface area contributed by atoms with Gasteiger partial charge < -0.3 is 9.88 Å². The van der Waals surface area contributed by atoms with E-state index in [0.717, 1.165) is 11.0 Å². The van der Waals surface area contributed by atoms with Crippen molar-refractivity contribution in [3.05, 3.63) is 54.9 Å². The van der Waals surface area contributed by atoms with Crippen LogP contribution in [0.1, 0.15) is 13.8 Å². The Kier molecular flexibility index (Phi) is 5.57. The van der Waals surface area contributed by atoms with Gasteiger partial charge in [0.2, 0.25) is 15.9 Å². The predicted molar refractivity (Wildman–Crippen MR) is 105 cm³/mol. The van der Waals surface area contributed by atoms with Crippen LogP contribution in [-0.4, -0.2) is 41.3 Å². The van der Waals surface area contributed by atoms with Crippen molar-refractivity contribution in [3.63, 3.8) is 0 Å². The molecule has 3 rings (SSSR count). The van der Waals surface area contributed by atoms with Gasteiger partial charge in [0.25, 0.3) is 0 Å². The lowest BCUT2D eigenvalue weighted by Gasteiger charge is -2.18. The number of hydrogen-bond donors (Lipinski definition) is 1. The van der Waals surface area contributed by atoms with Crippen LogP contribution in [0.4, 0.5) is 5.69 Å². The van der Waals surface area contributed by atoms with Crippen molar-refractivity contribution >= 4 is 32.7 Å². The molecule has 8 heteroatoms. The first-order valence-electron chi connectivity index (χ1n) is 8.75. The molecule has 0 atom stereocenters. The van der Waals surface area contributed by atoms with Gasteiger partial charge in [-0.15, -0.1) is 0 Å². The molecule has 7 nitrogen and oxygen atoms in total. The molecule has 1 N–H and O–H groups in total. The van der Waals surface area contributed by atoms with Crippen molar-refractivity contribution in [1.82, 2.24) is 13.9 Å². The number of rotatable bonds is 7. The van der Waals surface area contributed by atoms with Crippen molar-refractivity contribution in [3.8, 4) is 0 Å². The summed E-state index contributed by atoms with van der Waals surface area (Å²) in [4.78, 5) is 16.8. The predicted octanol–water partition coefficient (Wildman–Crippen LogP) is 2.71. The molecule has 0 saturated carbocycles. The molecule has 1 aromatic heterocycles. The highest BCUT2D eigenvalue weighted by atomic mass is 32.2. The van der Waals surface area contributed by atoms with Gasteiger partial charge in [-0.25, -0.2) is 13.4 Å². The van der Waals surface area contributed by atoms with Crippen LogP contribution in [0.25, 0.3) is 11.0 Å². The highest BCUT2D eigenvalue weighted by molar-refractivity contribution is 7.89. The molecule has 0 unspecified atom stereocenters. The second-order valence-electron chi connectivity index (χ2n) is 6.02. The molecule has 0 aliphatic heterocycles. The average molecular weight is 386 g/mol. The van der Waals surface area contributed by atoms with Crippen molar-refractivity contribution < 1.29 is 13.2 Å². The van der Waals surface area contributed by atoms with E-state index in [1.807, 2.05) is 24.3 Å². The lowest BCUT2D eigenvalue weighted by molar-refractivity contribution is -0.116. The van der Waals surface area contributed by atoms with E-state index in [2.05, 4.69) is 10.3 Å². The van der Waals surface area contributed by atoms with E-state index in [-0.39, 0.29) is 17.3 Å². The normalized spacial score (nSPS) is 11.8. The number of nitrogens with zero attached hydrogens (tertiary/aromatic N) is 3. The number of amides is 1. The van der Waals surface area contributed by atoms with Crippen LogP contribution in [0.15, 0.2) is 59.8 Å². The van der Waals surface area contributed by atoms with Gasteiger partial charge in [-0.3, -0.25) is 4.79 Å². The minimum absolute atomic E-state index is 0.125. The van der Waals surface area contributed by atoms with Crippen molar-refractivity contribution in [2.75, 3.05) is 18.4 Å². The summed E-state index contributed by atoms with van der Waals surface area (Å²) in [5.74, 6) is -0.211. The summed E-state index contributed by atoms with van der Waals surface area (Å²) in [6.07, 6.45) is 1.63. The summed E-state index contributed by atoms with van der Waals surface area (Å²) in [7, 11) is -3.50. The Labute approximate surface area is 158 Å². The molecule has 0 bridgehead atoms. The average Bonchev–Trinajstić information content (AvgIpc) is 3.06. The summed E-state index contributed by atoms with van der Waals surface area (Å²) in [6.45, 7) is 4.55. The van der Waals surface area contributed by atoms with E-state index in [1.165, 1.54) is 16.4 Å². The summed E-state index contributed by atoms with van der Waals surface area (Å²) in [5.41, 5.74) is 2.26. The second kappa shape index (κ2) is 7.89. The molecule has 1 heterocycles. The second-order valence-corrected chi connectivity index (χ2v) is 7.96. The van der Waals surface area contributed by atoms with E-state index in [4.69, 9.17) is 0 Å². The zero-order chi connectivity index (χ0) is 19.4. The van der Waals surface area contributed by atoms with E-state index >= 15 is 0 Å². The van der Waals surface area contributed by atoms with Crippen LogP contribution in [-0.2, 0) is 21.4 Å². The van der Waals surface area contributed by atoms with E-state index in [0.29, 0.717) is 18.8 Å². The Hall–Kier alpha value is -2.71. The Bertz CT molecular complexity index is 1040. The molecule has 1 amide bonds. The number of imidazole rings is 1. The van der Waals surface area contributed by atoms with Crippen molar-refractivity contribution in [2.24, 2.45) is 0 Å². The third-order valence-electron chi connectivity index (χ3n) is 4.32. The molecule has 0 radical (unpaired) electrons. The Balaban J connectivity index is 1.70. The molecule has 0 aliphatic rings. The third-order valence-corrected chi connectivity index (χ3v) is 6.39. The fraction of sp³-hybridized carbons (Fsp3) is 0.263. The van der Waals surface area contributed by atoms with Gasteiger partial charge >= 0.3 is 0 Å². The monoisotopic (exact) mass is 386 g/mol. The van der Waals surface area contributed by atoms with E-state index < -0.39 is 10.0 Å². The molecule has 142 valence electrons. The lowest BCUT2D eigenvalue weighted by atomic mass is 10.3. The molecule has 0 spiro atoms. The molecule has 0 aliphatic carbocycles. The molecular weight excluding hydrogens is 364 g/mol. The fourth-order valence-corrected chi connectivity index (χ4v) is 4.37. The van der Waals surface area contributed by atoms with Gasteiger partial charge in [-0.05, 0) is 36.4 Å². The highest BCUT2D eigenvalue weighted by Crippen LogP contribution is 2.18. The number of aromatic nitrogens is 2. The van der Waals surface area contributed by atoms with Crippen LogP contribution >= 0.6 is 0 Å².